The molecule has 0 atom stereocenters. The lowest BCUT2D eigenvalue weighted by Crippen LogP contribution is -1.76. The third-order valence-corrected chi connectivity index (χ3v) is 1.53. The van der Waals surface area contributed by atoms with E-state index < -0.39 is 0 Å². The summed E-state index contributed by atoms with van der Waals surface area (Å²) in [5.74, 6) is 0. The van der Waals surface area contributed by atoms with Gasteiger partial charge >= 0.3 is 0 Å². The number of aromatic nitrogens is 2. The van der Waals surface area contributed by atoms with Crippen molar-refractivity contribution in [2.24, 2.45) is 0 Å². The number of nitrogens with one attached hydrogen (secondary N) is 1. The molecular formula is C5H7IN2. The predicted octanol–water partition coefficient (Wildman–Crippen LogP) is 1.58. The summed E-state index contributed by atoms with van der Waals surface area (Å²) in [6, 6.07) is 2.04. The fourth-order valence-corrected chi connectivity index (χ4v) is 1.01. The molecule has 0 aliphatic carbocycles. The lowest BCUT2D eigenvalue weighted by Gasteiger charge is -1.79. The molecule has 1 aromatic heterocycles. The molecule has 0 aromatic carbocycles. The quantitative estimate of drug-likeness (QED) is 0.718. The normalized spacial score (nSPS) is 9.75. The molecule has 1 aromatic rings. The third-order valence-electron chi connectivity index (χ3n) is 0.981. The molecule has 0 saturated carbocycles. The fourth-order valence-electron chi connectivity index (χ4n) is 0.515. The molecule has 44 valence electrons. The average molecular weight is 222 g/mol. The van der Waals surface area contributed by atoms with Crippen LogP contribution in [0.3, 0.4) is 0 Å². The molecule has 1 heterocycles. The molecule has 0 bridgehead atoms. The molecule has 0 aliphatic rings. The van der Waals surface area contributed by atoms with Crippen molar-refractivity contribution in [2.75, 3.05) is 0 Å². The highest BCUT2D eigenvalue weighted by atomic mass is 127. The highest BCUT2D eigenvalue weighted by molar-refractivity contribution is 14.1. The van der Waals surface area contributed by atoms with E-state index in [0.717, 1.165) is 10.1 Å². The molecule has 0 spiro atoms. The van der Waals surface area contributed by atoms with Crippen LogP contribution >= 0.6 is 22.6 Å². The molecular weight excluding hydrogens is 215 g/mol. The first-order chi connectivity index (χ1) is 3.83. The minimum absolute atomic E-state index is 1.04. The Hall–Kier alpha value is -0.0600. The topological polar surface area (TPSA) is 28.7 Å². The van der Waals surface area contributed by atoms with Crippen LogP contribution in [-0.4, -0.2) is 10.2 Å². The molecule has 0 radical (unpaired) electrons. The second-order valence-corrected chi connectivity index (χ2v) is 2.67. The lowest BCUT2D eigenvalue weighted by atomic mass is 10.4. The van der Waals surface area contributed by atoms with Gasteiger partial charge in [0.15, 0.2) is 0 Å². The van der Waals surface area contributed by atoms with Crippen LogP contribution in [0.5, 0.6) is 0 Å². The van der Waals surface area contributed by atoms with Gasteiger partial charge in [0.25, 0.3) is 0 Å². The predicted molar refractivity (Wildman–Crippen MR) is 40.7 cm³/mol. The number of nitrogens with zero attached hydrogens (tertiary/aromatic N) is 1. The van der Waals surface area contributed by atoms with E-state index in [1.807, 2.05) is 6.07 Å². The van der Waals surface area contributed by atoms with E-state index in [1.54, 1.807) is 0 Å². The summed E-state index contributed by atoms with van der Waals surface area (Å²) in [6.45, 7) is 2.10. The van der Waals surface area contributed by atoms with Crippen molar-refractivity contribution in [3.05, 3.63) is 15.5 Å². The van der Waals surface area contributed by atoms with Crippen molar-refractivity contribution in [2.45, 2.75) is 13.3 Å². The molecule has 0 unspecified atom stereocenters. The molecule has 1 N–H and O–H groups in total. The molecule has 0 saturated heterocycles. The van der Waals surface area contributed by atoms with Crippen LogP contribution in [-0.2, 0) is 6.42 Å². The van der Waals surface area contributed by atoms with Gasteiger partial charge in [0, 0.05) is 5.69 Å². The molecule has 3 heteroatoms. The Morgan fingerprint density at radius 2 is 2.62 bits per heavy atom. The zero-order chi connectivity index (χ0) is 5.98. The van der Waals surface area contributed by atoms with Crippen molar-refractivity contribution in [1.82, 2.24) is 10.2 Å². The number of hydrogen-bond donors (Lipinski definition) is 1. The Morgan fingerprint density at radius 1 is 1.88 bits per heavy atom. The first kappa shape index (κ1) is 6.07. The Bertz CT molecular complexity index is 171. The van der Waals surface area contributed by atoms with E-state index >= 15 is 0 Å². The van der Waals surface area contributed by atoms with Gasteiger partial charge in [0.05, 0.1) is 0 Å². The monoisotopic (exact) mass is 222 g/mol. The maximum atomic E-state index is 3.95. The van der Waals surface area contributed by atoms with Gasteiger partial charge in [-0.05, 0) is 35.1 Å². The minimum Gasteiger partial charge on any atom is -0.282 e. The summed E-state index contributed by atoms with van der Waals surface area (Å²) in [6.07, 6.45) is 1.04. The number of H-pyrrole nitrogens is 1. The maximum absolute atomic E-state index is 3.95. The minimum atomic E-state index is 1.04. The van der Waals surface area contributed by atoms with Crippen LogP contribution in [0.1, 0.15) is 12.6 Å². The van der Waals surface area contributed by atoms with Gasteiger partial charge in [0.2, 0.25) is 0 Å². The van der Waals surface area contributed by atoms with E-state index in [9.17, 15) is 0 Å². The number of rotatable bonds is 1. The largest absolute Gasteiger partial charge is 0.282 e. The second kappa shape index (κ2) is 2.48. The van der Waals surface area contributed by atoms with E-state index in [0.29, 0.717) is 0 Å². The van der Waals surface area contributed by atoms with Gasteiger partial charge in [-0.15, -0.1) is 0 Å². The van der Waals surface area contributed by atoms with Gasteiger partial charge in [-0.3, -0.25) is 5.10 Å². The number of aromatic amines is 1. The van der Waals surface area contributed by atoms with Crippen molar-refractivity contribution < 1.29 is 0 Å². The lowest BCUT2D eigenvalue weighted by molar-refractivity contribution is 0.968. The maximum Gasteiger partial charge on any atom is 0.123 e. The average Bonchev–Trinajstić information content (AvgIpc) is 2.14. The van der Waals surface area contributed by atoms with Crippen LogP contribution in [0.2, 0.25) is 0 Å². The van der Waals surface area contributed by atoms with Crippen LogP contribution < -0.4 is 0 Å². The first-order valence-corrected chi connectivity index (χ1v) is 3.60. The molecule has 0 aliphatic heterocycles. The van der Waals surface area contributed by atoms with Gasteiger partial charge in [-0.1, -0.05) is 6.92 Å². The molecule has 8 heavy (non-hydrogen) atoms. The zero-order valence-corrected chi connectivity index (χ0v) is 6.77. The van der Waals surface area contributed by atoms with Crippen molar-refractivity contribution in [1.29, 1.82) is 0 Å². The first-order valence-electron chi connectivity index (χ1n) is 2.52. The number of hydrogen-bond acceptors (Lipinski definition) is 1. The van der Waals surface area contributed by atoms with E-state index in [2.05, 4.69) is 39.7 Å². The zero-order valence-electron chi connectivity index (χ0n) is 4.61. The van der Waals surface area contributed by atoms with Gasteiger partial charge < -0.3 is 0 Å². The Kier molecular flexibility index (Phi) is 1.88. The Balaban J connectivity index is 2.84. The highest BCUT2D eigenvalue weighted by Gasteiger charge is 1.91. The second-order valence-electron chi connectivity index (χ2n) is 1.57. The third kappa shape index (κ3) is 1.21. The number of aryl methyl sites for hydroxylation is 1. The molecule has 0 fully saturated rings. The molecule has 1 rings (SSSR count). The Morgan fingerprint density at radius 3 is 2.88 bits per heavy atom. The van der Waals surface area contributed by atoms with Gasteiger partial charge in [-0.25, -0.2) is 0 Å². The Labute approximate surface area is 61.8 Å². The van der Waals surface area contributed by atoms with Crippen molar-refractivity contribution >= 4 is 22.6 Å². The summed E-state index contributed by atoms with van der Waals surface area (Å²) in [5, 5.41) is 6.85. The van der Waals surface area contributed by atoms with Crippen LogP contribution in [0.4, 0.5) is 0 Å². The molecule has 2 nitrogen and oxygen atoms in total. The smallest absolute Gasteiger partial charge is 0.123 e. The van der Waals surface area contributed by atoms with Crippen LogP contribution in [0, 0.1) is 3.70 Å². The van der Waals surface area contributed by atoms with Crippen molar-refractivity contribution in [3.8, 4) is 0 Å². The summed E-state index contributed by atoms with van der Waals surface area (Å²) < 4.78 is 1.04. The van der Waals surface area contributed by atoms with Gasteiger partial charge in [-0.2, -0.15) is 5.10 Å². The van der Waals surface area contributed by atoms with E-state index in [4.69, 9.17) is 0 Å². The standard InChI is InChI=1S/C5H7IN2/c1-2-4-3-5(6)8-7-4/h3H,2H2,1H3,(H,7,8). The fraction of sp³-hybridized carbons (Fsp3) is 0.400. The summed E-state index contributed by atoms with van der Waals surface area (Å²) in [5.41, 5.74) is 1.20. The van der Waals surface area contributed by atoms with Crippen LogP contribution in [0.25, 0.3) is 0 Å². The van der Waals surface area contributed by atoms with E-state index in [-0.39, 0.29) is 0 Å². The number of halogens is 1. The van der Waals surface area contributed by atoms with Gasteiger partial charge in [0.1, 0.15) is 3.70 Å². The summed E-state index contributed by atoms with van der Waals surface area (Å²) >= 11 is 2.18. The van der Waals surface area contributed by atoms with Crippen molar-refractivity contribution in [3.63, 3.8) is 0 Å². The van der Waals surface area contributed by atoms with E-state index in [1.165, 1.54) is 5.69 Å². The summed E-state index contributed by atoms with van der Waals surface area (Å²) in [4.78, 5) is 0. The highest BCUT2D eigenvalue weighted by Crippen LogP contribution is 2.01. The van der Waals surface area contributed by atoms with Crippen LogP contribution in [0.15, 0.2) is 6.07 Å². The molecule has 0 amide bonds. The summed E-state index contributed by atoms with van der Waals surface area (Å²) in [7, 11) is 0. The SMILES string of the molecule is CCc1cc(I)n[nH]1.